The molecule has 0 saturated heterocycles. The monoisotopic (exact) mass is 153 g/mol. The number of aryl methyl sites for hydroxylation is 1. The van der Waals surface area contributed by atoms with Gasteiger partial charge in [0.05, 0.1) is 12.2 Å². The van der Waals surface area contributed by atoms with Crippen LogP contribution in [0.2, 0.25) is 0 Å². The number of aromatic amines is 1. The van der Waals surface area contributed by atoms with E-state index in [1.54, 1.807) is 0 Å². The van der Waals surface area contributed by atoms with Crippen molar-refractivity contribution >= 4 is 0 Å². The quantitative estimate of drug-likeness (QED) is 0.672. The second-order valence-corrected chi connectivity index (χ2v) is 3.05. The molecule has 0 atom stereocenters. The van der Waals surface area contributed by atoms with Crippen LogP contribution in [0.5, 0.6) is 0 Å². The molecule has 0 bridgehead atoms. The van der Waals surface area contributed by atoms with E-state index in [2.05, 4.69) is 23.8 Å². The van der Waals surface area contributed by atoms with Crippen molar-refractivity contribution in [3.8, 4) is 0 Å². The molecule has 62 valence electrons. The van der Waals surface area contributed by atoms with Crippen LogP contribution in [-0.2, 0) is 6.54 Å². The van der Waals surface area contributed by atoms with Crippen LogP contribution in [0.3, 0.4) is 0 Å². The SMILES string of the molecule is Cc1[nH]c(CN)nc1C(C)C. The summed E-state index contributed by atoms with van der Waals surface area (Å²) in [7, 11) is 0. The van der Waals surface area contributed by atoms with Crippen LogP contribution in [0.15, 0.2) is 0 Å². The molecule has 0 aromatic carbocycles. The molecule has 1 aromatic rings. The van der Waals surface area contributed by atoms with Crippen LogP contribution in [-0.4, -0.2) is 9.97 Å². The molecule has 0 aliphatic heterocycles. The number of nitrogens with zero attached hydrogens (tertiary/aromatic N) is 1. The van der Waals surface area contributed by atoms with Crippen molar-refractivity contribution < 1.29 is 0 Å². The molecule has 0 aliphatic rings. The van der Waals surface area contributed by atoms with Gasteiger partial charge >= 0.3 is 0 Å². The first-order valence-corrected chi connectivity index (χ1v) is 3.90. The number of H-pyrrole nitrogens is 1. The van der Waals surface area contributed by atoms with Crippen molar-refractivity contribution in [2.75, 3.05) is 0 Å². The Morgan fingerprint density at radius 2 is 2.18 bits per heavy atom. The van der Waals surface area contributed by atoms with E-state index in [1.165, 1.54) is 0 Å². The van der Waals surface area contributed by atoms with E-state index in [0.29, 0.717) is 12.5 Å². The van der Waals surface area contributed by atoms with Gasteiger partial charge < -0.3 is 10.7 Å². The van der Waals surface area contributed by atoms with Gasteiger partial charge in [0.15, 0.2) is 0 Å². The largest absolute Gasteiger partial charge is 0.345 e. The first-order chi connectivity index (χ1) is 5.15. The molecule has 11 heavy (non-hydrogen) atoms. The summed E-state index contributed by atoms with van der Waals surface area (Å²) in [4.78, 5) is 7.49. The minimum absolute atomic E-state index is 0.478. The lowest BCUT2D eigenvalue weighted by molar-refractivity contribution is 0.814. The molecule has 1 heterocycles. The smallest absolute Gasteiger partial charge is 0.120 e. The van der Waals surface area contributed by atoms with Crippen LogP contribution in [0, 0.1) is 6.92 Å². The highest BCUT2D eigenvalue weighted by Gasteiger charge is 2.07. The minimum Gasteiger partial charge on any atom is -0.345 e. The third-order valence-corrected chi connectivity index (χ3v) is 1.71. The number of nitrogens with two attached hydrogens (primary N) is 1. The van der Waals surface area contributed by atoms with Crippen molar-refractivity contribution in [3.05, 3.63) is 17.2 Å². The van der Waals surface area contributed by atoms with Gasteiger partial charge in [0, 0.05) is 5.69 Å². The zero-order chi connectivity index (χ0) is 8.43. The molecular formula is C8H15N3. The van der Waals surface area contributed by atoms with Gasteiger partial charge in [0.25, 0.3) is 0 Å². The summed E-state index contributed by atoms with van der Waals surface area (Å²) in [5.74, 6) is 1.36. The van der Waals surface area contributed by atoms with Crippen molar-refractivity contribution in [1.82, 2.24) is 9.97 Å². The number of aromatic nitrogens is 2. The fourth-order valence-corrected chi connectivity index (χ4v) is 1.20. The Hall–Kier alpha value is -0.830. The summed E-state index contributed by atoms with van der Waals surface area (Å²) in [5.41, 5.74) is 7.71. The van der Waals surface area contributed by atoms with Gasteiger partial charge in [-0.1, -0.05) is 13.8 Å². The average Bonchev–Trinajstić information content (AvgIpc) is 2.30. The normalized spacial score (nSPS) is 11.0. The molecule has 0 spiro atoms. The lowest BCUT2D eigenvalue weighted by Gasteiger charge is -1.99. The van der Waals surface area contributed by atoms with Gasteiger partial charge in [-0.15, -0.1) is 0 Å². The number of hydrogen-bond acceptors (Lipinski definition) is 2. The third-order valence-electron chi connectivity index (χ3n) is 1.71. The molecule has 0 saturated carbocycles. The molecule has 0 amide bonds. The van der Waals surface area contributed by atoms with E-state index in [-0.39, 0.29) is 0 Å². The van der Waals surface area contributed by atoms with E-state index in [0.717, 1.165) is 17.2 Å². The maximum Gasteiger partial charge on any atom is 0.120 e. The Morgan fingerprint density at radius 1 is 1.55 bits per heavy atom. The van der Waals surface area contributed by atoms with Gasteiger partial charge in [-0.2, -0.15) is 0 Å². The molecule has 3 nitrogen and oxygen atoms in total. The Balaban J connectivity index is 2.97. The van der Waals surface area contributed by atoms with Crippen molar-refractivity contribution in [3.63, 3.8) is 0 Å². The lowest BCUT2D eigenvalue weighted by atomic mass is 10.1. The highest BCUT2D eigenvalue weighted by atomic mass is 15.0. The predicted octanol–water partition coefficient (Wildman–Crippen LogP) is 1.30. The van der Waals surface area contributed by atoms with Crippen molar-refractivity contribution in [1.29, 1.82) is 0 Å². The standard InChI is InChI=1S/C8H15N3/c1-5(2)8-6(3)10-7(4-9)11-8/h5H,4,9H2,1-3H3,(H,10,11). The summed E-state index contributed by atoms with van der Waals surface area (Å²) in [6.07, 6.45) is 0. The molecule has 1 aromatic heterocycles. The van der Waals surface area contributed by atoms with Gasteiger partial charge in [-0.3, -0.25) is 0 Å². The van der Waals surface area contributed by atoms with Gasteiger partial charge in [0.1, 0.15) is 5.82 Å². The van der Waals surface area contributed by atoms with E-state index < -0.39 is 0 Å². The first-order valence-electron chi connectivity index (χ1n) is 3.90. The summed E-state index contributed by atoms with van der Waals surface area (Å²) in [6, 6.07) is 0. The maximum atomic E-state index is 5.44. The van der Waals surface area contributed by atoms with Crippen LogP contribution in [0.4, 0.5) is 0 Å². The fourth-order valence-electron chi connectivity index (χ4n) is 1.20. The van der Waals surface area contributed by atoms with E-state index in [1.807, 2.05) is 6.92 Å². The molecule has 0 aliphatic carbocycles. The van der Waals surface area contributed by atoms with Crippen molar-refractivity contribution in [2.45, 2.75) is 33.2 Å². The summed E-state index contributed by atoms with van der Waals surface area (Å²) in [5, 5.41) is 0. The summed E-state index contributed by atoms with van der Waals surface area (Å²) >= 11 is 0. The van der Waals surface area contributed by atoms with Crippen LogP contribution >= 0.6 is 0 Å². The van der Waals surface area contributed by atoms with E-state index in [4.69, 9.17) is 5.73 Å². The van der Waals surface area contributed by atoms with Gasteiger partial charge in [-0.25, -0.2) is 4.98 Å². The Morgan fingerprint density at radius 3 is 2.45 bits per heavy atom. The summed E-state index contributed by atoms with van der Waals surface area (Å²) < 4.78 is 0. The number of hydrogen-bond donors (Lipinski definition) is 2. The topological polar surface area (TPSA) is 54.7 Å². The van der Waals surface area contributed by atoms with Crippen LogP contribution in [0.25, 0.3) is 0 Å². The molecule has 3 N–H and O–H groups in total. The number of nitrogens with one attached hydrogen (secondary N) is 1. The number of rotatable bonds is 2. The first kappa shape index (κ1) is 8.27. The molecule has 0 unspecified atom stereocenters. The molecular weight excluding hydrogens is 138 g/mol. The molecule has 1 rings (SSSR count). The molecule has 3 heteroatoms. The molecule has 0 radical (unpaired) electrons. The van der Waals surface area contributed by atoms with Crippen molar-refractivity contribution in [2.24, 2.45) is 5.73 Å². The average molecular weight is 153 g/mol. The second kappa shape index (κ2) is 3.05. The van der Waals surface area contributed by atoms with Gasteiger partial charge in [-0.05, 0) is 12.8 Å². The minimum atomic E-state index is 0.478. The maximum absolute atomic E-state index is 5.44. The number of imidazole rings is 1. The highest BCUT2D eigenvalue weighted by molar-refractivity contribution is 5.16. The van der Waals surface area contributed by atoms with Crippen LogP contribution in [0.1, 0.15) is 37.0 Å². The Bertz CT molecular complexity index is 237. The van der Waals surface area contributed by atoms with E-state index >= 15 is 0 Å². The summed E-state index contributed by atoms with van der Waals surface area (Å²) in [6.45, 7) is 6.78. The Kier molecular flexibility index (Phi) is 2.29. The lowest BCUT2D eigenvalue weighted by Crippen LogP contribution is -1.98. The van der Waals surface area contributed by atoms with Crippen LogP contribution < -0.4 is 5.73 Å². The van der Waals surface area contributed by atoms with E-state index in [9.17, 15) is 0 Å². The third kappa shape index (κ3) is 1.60. The Labute approximate surface area is 67.0 Å². The highest BCUT2D eigenvalue weighted by Crippen LogP contribution is 2.15. The molecule has 0 fully saturated rings. The zero-order valence-electron chi connectivity index (χ0n) is 7.31. The zero-order valence-corrected chi connectivity index (χ0v) is 7.31. The predicted molar refractivity (Wildman–Crippen MR) is 45.3 cm³/mol. The second-order valence-electron chi connectivity index (χ2n) is 3.05. The fraction of sp³-hybridized carbons (Fsp3) is 0.625. The van der Waals surface area contributed by atoms with Gasteiger partial charge in [0.2, 0.25) is 0 Å².